The van der Waals surface area contributed by atoms with E-state index < -0.39 is 23.6 Å². The van der Waals surface area contributed by atoms with Crippen molar-refractivity contribution in [3.63, 3.8) is 0 Å². The molecule has 1 aliphatic carbocycles. The number of anilines is 1. The molecule has 1 saturated carbocycles. The van der Waals surface area contributed by atoms with Crippen LogP contribution in [0.5, 0.6) is 0 Å². The molecule has 1 aliphatic rings. The van der Waals surface area contributed by atoms with Gasteiger partial charge in [0.25, 0.3) is 11.5 Å². The van der Waals surface area contributed by atoms with Crippen molar-refractivity contribution >= 4 is 23.3 Å². The highest BCUT2D eigenvalue weighted by Gasteiger charge is 2.42. The van der Waals surface area contributed by atoms with Gasteiger partial charge < -0.3 is 11.1 Å². The third-order valence-corrected chi connectivity index (χ3v) is 5.46. The molecule has 2 heterocycles. The Labute approximate surface area is 169 Å². The Hall–Kier alpha value is -2.62. The summed E-state index contributed by atoms with van der Waals surface area (Å²) in [5.41, 5.74) is 5.04. The van der Waals surface area contributed by atoms with Crippen LogP contribution in [0.15, 0.2) is 23.1 Å². The summed E-state index contributed by atoms with van der Waals surface area (Å²) in [4.78, 5) is 31.6. The molecule has 7 nitrogen and oxygen atoms in total. The van der Waals surface area contributed by atoms with Crippen LogP contribution in [-0.4, -0.2) is 33.7 Å². The predicted molar refractivity (Wildman–Crippen MR) is 101 cm³/mol. The van der Waals surface area contributed by atoms with Gasteiger partial charge in [-0.1, -0.05) is 11.6 Å². The molecule has 1 amide bonds. The number of nitrogens with one attached hydrogen (secondary N) is 1. The molecule has 3 rings (SSSR count). The van der Waals surface area contributed by atoms with E-state index in [4.69, 9.17) is 17.3 Å². The highest BCUT2D eigenvalue weighted by atomic mass is 35.5. The molecular weight excluding hydrogens is 411 g/mol. The van der Waals surface area contributed by atoms with E-state index in [2.05, 4.69) is 15.3 Å². The average molecular weight is 430 g/mol. The molecule has 3 N–H and O–H groups in total. The molecule has 11 heteroatoms. The van der Waals surface area contributed by atoms with Crippen molar-refractivity contribution in [2.45, 2.75) is 37.8 Å². The maximum Gasteiger partial charge on any atom is 0.391 e. The van der Waals surface area contributed by atoms with Gasteiger partial charge in [-0.05, 0) is 37.8 Å². The largest absolute Gasteiger partial charge is 0.391 e. The third kappa shape index (κ3) is 4.21. The van der Waals surface area contributed by atoms with Gasteiger partial charge in [0.2, 0.25) is 0 Å². The van der Waals surface area contributed by atoms with Gasteiger partial charge >= 0.3 is 6.18 Å². The van der Waals surface area contributed by atoms with Crippen LogP contribution < -0.4 is 16.6 Å². The number of primary amides is 1. The highest BCUT2D eigenvalue weighted by molar-refractivity contribution is 6.32. The smallest absolute Gasteiger partial charge is 0.373 e. The Bertz CT molecular complexity index is 967. The van der Waals surface area contributed by atoms with Crippen molar-refractivity contribution in [3.8, 4) is 5.69 Å². The average Bonchev–Trinajstić information content (AvgIpc) is 2.69. The fourth-order valence-electron chi connectivity index (χ4n) is 3.62. The SMILES string of the molecule is CNc1c(Cl)c(=O)nc(C2CCC(C(F)(F)F)CC2)n1-c1ccc(C(N)=O)nc1. The molecule has 0 aliphatic heterocycles. The van der Waals surface area contributed by atoms with E-state index in [1.54, 1.807) is 17.7 Å². The molecule has 0 unspecified atom stereocenters. The van der Waals surface area contributed by atoms with E-state index in [0.717, 1.165) is 0 Å². The Morgan fingerprint density at radius 1 is 1.28 bits per heavy atom. The highest BCUT2D eigenvalue weighted by Crippen LogP contribution is 2.43. The summed E-state index contributed by atoms with van der Waals surface area (Å²) >= 11 is 6.12. The fraction of sp³-hybridized carbons (Fsp3) is 0.444. The molecule has 0 spiro atoms. The molecule has 0 aromatic carbocycles. The number of nitrogens with two attached hydrogens (primary N) is 1. The number of hydrogen-bond donors (Lipinski definition) is 2. The lowest BCUT2D eigenvalue weighted by Gasteiger charge is -2.31. The second kappa shape index (κ2) is 8.02. The van der Waals surface area contributed by atoms with E-state index in [0.29, 0.717) is 11.5 Å². The Balaban J connectivity index is 2.07. The number of carbonyl (C=O) groups excluding carboxylic acids is 1. The van der Waals surface area contributed by atoms with Crippen LogP contribution in [-0.2, 0) is 0 Å². The number of nitrogens with zero attached hydrogens (tertiary/aromatic N) is 3. The zero-order chi connectivity index (χ0) is 21.3. The molecule has 0 radical (unpaired) electrons. The van der Waals surface area contributed by atoms with Crippen LogP contribution in [0.4, 0.5) is 19.0 Å². The maximum absolute atomic E-state index is 13.0. The first-order valence-electron chi connectivity index (χ1n) is 8.96. The minimum absolute atomic E-state index is 0.0413. The molecule has 0 bridgehead atoms. The van der Waals surface area contributed by atoms with E-state index >= 15 is 0 Å². The summed E-state index contributed by atoms with van der Waals surface area (Å²) in [7, 11) is 1.56. The Morgan fingerprint density at radius 2 is 1.93 bits per heavy atom. The van der Waals surface area contributed by atoms with Crippen molar-refractivity contribution in [2.24, 2.45) is 11.7 Å². The number of carbonyl (C=O) groups is 1. The van der Waals surface area contributed by atoms with E-state index in [1.165, 1.54) is 12.3 Å². The summed E-state index contributed by atoms with van der Waals surface area (Å²) in [6.07, 6.45) is -2.49. The topological polar surface area (TPSA) is 103 Å². The molecule has 0 atom stereocenters. The molecule has 0 saturated heterocycles. The van der Waals surface area contributed by atoms with E-state index in [9.17, 15) is 22.8 Å². The van der Waals surface area contributed by atoms with Gasteiger partial charge in [-0.3, -0.25) is 14.2 Å². The summed E-state index contributed by atoms with van der Waals surface area (Å²) < 4.78 is 40.6. The van der Waals surface area contributed by atoms with Crippen molar-refractivity contribution in [1.29, 1.82) is 0 Å². The Kier molecular flexibility index (Phi) is 5.83. The molecule has 156 valence electrons. The molecule has 29 heavy (non-hydrogen) atoms. The molecule has 2 aromatic heterocycles. The van der Waals surface area contributed by atoms with Crippen LogP contribution in [0.25, 0.3) is 5.69 Å². The number of hydrogen-bond acceptors (Lipinski definition) is 5. The zero-order valence-electron chi connectivity index (χ0n) is 15.5. The quantitative estimate of drug-likeness (QED) is 0.776. The number of amides is 1. The summed E-state index contributed by atoms with van der Waals surface area (Å²) in [5, 5.41) is 2.69. The first-order valence-corrected chi connectivity index (χ1v) is 9.34. The van der Waals surface area contributed by atoms with Crippen molar-refractivity contribution in [2.75, 3.05) is 12.4 Å². The van der Waals surface area contributed by atoms with Crippen LogP contribution in [0, 0.1) is 5.92 Å². The van der Waals surface area contributed by atoms with Crippen LogP contribution >= 0.6 is 11.6 Å². The molecule has 1 fully saturated rings. The summed E-state index contributed by atoms with van der Waals surface area (Å²) in [5.74, 6) is -1.87. The van der Waals surface area contributed by atoms with Crippen molar-refractivity contribution < 1.29 is 18.0 Å². The van der Waals surface area contributed by atoms with Gasteiger partial charge in [0.1, 0.15) is 22.4 Å². The normalized spacial score (nSPS) is 19.8. The van der Waals surface area contributed by atoms with Gasteiger partial charge in [-0.25, -0.2) is 4.98 Å². The van der Waals surface area contributed by atoms with Crippen molar-refractivity contribution in [3.05, 3.63) is 45.2 Å². The van der Waals surface area contributed by atoms with Crippen LogP contribution in [0.3, 0.4) is 0 Å². The van der Waals surface area contributed by atoms with Gasteiger partial charge in [-0.15, -0.1) is 0 Å². The maximum atomic E-state index is 13.0. The standard InChI is InChI=1S/C18H19ClF3N5O2/c1-24-16-13(19)17(29)26-15(9-2-4-10(5-3-9)18(20,21)22)27(16)11-6-7-12(14(23)28)25-8-11/h6-10,24H,2-5H2,1H3,(H2,23,28). The van der Waals surface area contributed by atoms with Gasteiger partial charge in [0, 0.05) is 13.0 Å². The van der Waals surface area contributed by atoms with Gasteiger partial charge in [-0.2, -0.15) is 18.2 Å². The minimum Gasteiger partial charge on any atom is -0.373 e. The first-order chi connectivity index (χ1) is 13.6. The monoisotopic (exact) mass is 429 g/mol. The van der Waals surface area contributed by atoms with E-state index in [-0.39, 0.29) is 48.1 Å². The number of rotatable bonds is 4. The van der Waals surface area contributed by atoms with Crippen LogP contribution in [0.1, 0.15) is 47.9 Å². The van der Waals surface area contributed by atoms with Crippen LogP contribution in [0.2, 0.25) is 5.02 Å². The lowest BCUT2D eigenvalue weighted by molar-refractivity contribution is -0.182. The summed E-state index contributed by atoms with van der Waals surface area (Å²) in [6.45, 7) is 0. The summed E-state index contributed by atoms with van der Waals surface area (Å²) in [6, 6.07) is 2.97. The number of alkyl halides is 3. The Morgan fingerprint density at radius 3 is 2.41 bits per heavy atom. The lowest BCUT2D eigenvalue weighted by atomic mass is 9.81. The zero-order valence-corrected chi connectivity index (χ0v) is 16.2. The molecule has 2 aromatic rings. The minimum atomic E-state index is -4.23. The van der Waals surface area contributed by atoms with Gasteiger partial charge in [0.15, 0.2) is 0 Å². The number of aromatic nitrogens is 3. The third-order valence-electron chi connectivity index (χ3n) is 5.12. The lowest BCUT2D eigenvalue weighted by Crippen LogP contribution is -2.30. The van der Waals surface area contributed by atoms with E-state index in [1.807, 2.05) is 0 Å². The van der Waals surface area contributed by atoms with Crippen molar-refractivity contribution in [1.82, 2.24) is 14.5 Å². The number of pyridine rings is 1. The predicted octanol–water partition coefficient (Wildman–Crippen LogP) is 3.26. The second-order valence-corrected chi connectivity index (χ2v) is 7.26. The first kappa shape index (κ1) is 21.1. The fourth-order valence-corrected chi connectivity index (χ4v) is 3.84. The van der Waals surface area contributed by atoms with Gasteiger partial charge in [0.05, 0.1) is 17.8 Å². The molecular formula is C18H19ClF3N5O2. The number of halogens is 4. The second-order valence-electron chi connectivity index (χ2n) is 6.88.